The van der Waals surface area contributed by atoms with Crippen LogP contribution in [0.3, 0.4) is 0 Å². The smallest absolute Gasteiger partial charge is 0.425 e. The molecule has 30 heavy (non-hydrogen) atoms. The molecule has 1 aliphatic heterocycles. The number of nitrogens with zero attached hydrogens (tertiary/aromatic N) is 1. The number of ether oxygens (including phenoxy) is 1. The zero-order valence-corrected chi connectivity index (χ0v) is 16.9. The van der Waals surface area contributed by atoms with Crippen LogP contribution in [0.25, 0.3) is 0 Å². The minimum absolute atomic E-state index is 0.000716. The number of halogens is 3. The SMILES string of the molecule is CCOC(=O)N[C@@]1(C(F)(F)F)C(=O)N(Cc2ccccc2)C2=C1C(=O)CC(C)(C)C2. The van der Waals surface area contributed by atoms with Gasteiger partial charge in [-0.15, -0.1) is 0 Å². The minimum atomic E-state index is -5.24. The average Bonchev–Trinajstić information content (AvgIpc) is 2.85. The summed E-state index contributed by atoms with van der Waals surface area (Å²) in [6.45, 7) is 4.61. The lowest BCUT2D eigenvalue weighted by molar-refractivity contribution is -0.191. The summed E-state index contributed by atoms with van der Waals surface area (Å²) in [7, 11) is 0. The molecule has 0 radical (unpaired) electrons. The summed E-state index contributed by atoms with van der Waals surface area (Å²) in [5.41, 5.74) is -4.20. The fraction of sp³-hybridized carbons (Fsp3) is 0.476. The molecule has 9 heteroatoms. The number of carbonyl (C=O) groups excluding carboxylic acids is 3. The van der Waals surface area contributed by atoms with Crippen LogP contribution in [-0.4, -0.2) is 41.0 Å². The zero-order chi connectivity index (χ0) is 22.3. The quantitative estimate of drug-likeness (QED) is 0.800. The van der Waals surface area contributed by atoms with Gasteiger partial charge in [0.05, 0.1) is 18.7 Å². The Morgan fingerprint density at radius 3 is 2.37 bits per heavy atom. The Kier molecular flexibility index (Phi) is 5.43. The molecule has 0 saturated carbocycles. The van der Waals surface area contributed by atoms with E-state index < -0.39 is 40.5 Å². The molecule has 6 nitrogen and oxygen atoms in total. The molecule has 1 aliphatic carbocycles. The molecule has 162 valence electrons. The fourth-order valence-corrected chi connectivity index (χ4v) is 4.08. The number of amides is 2. The molecule has 1 aromatic rings. The lowest BCUT2D eigenvalue weighted by Gasteiger charge is -2.35. The predicted molar refractivity (Wildman–Crippen MR) is 101 cm³/mol. The molecule has 2 amide bonds. The van der Waals surface area contributed by atoms with Gasteiger partial charge in [-0.05, 0) is 24.3 Å². The van der Waals surface area contributed by atoms with Crippen LogP contribution in [0.1, 0.15) is 39.2 Å². The number of benzene rings is 1. The van der Waals surface area contributed by atoms with E-state index in [1.54, 1.807) is 49.5 Å². The maximum atomic E-state index is 14.4. The van der Waals surface area contributed by atoms with Crippen LogP contribution in [0, 0.1) is 5.41 Å². The molecule has 0 fully saturated rings. The van der Waals surface area contributed by atoms with E-state index in [0.717, 1.165) is 4.90 Å². The maximum Gasteiger partial charge on any atom is 0.425 e. The molecular weight excluding hydrogens is 401 g/mol. The van der Waals surface area contributed by atoms with Gasteiger partial charge in [0.1, 0.15) is 0 Å². The number of alkyl halides is 3. The van der Waals surface area contributed by atoms with Gasteiger partial charge in [0.15, 0.2) is 5.78 Å². The standard InChI is InChI=1S/C21H23F3N2O4/c1-4-30-18(29)25-20(21(22,23)24)16-14(10-19(2,3)11-15(16)27)26(17(20)28)12-13-8-6-5-7-9-13/h5-9H,4,10-12H2,1-3H3,(H,25,29)/t20-/m1/s1. The van der Waals surface area contributed by atoms with E-state index in [2.05, 4.69) is 4.74 Å². The third-order valence-corrected chi connectivity index (χ3v) is 5.29. The average molecular weight is 424 g/mol. The van der Waals surface area contributed by atoms with Gasteiger partial charge in [0.25, 0.3) is 5.91 Å². The van der Waals surface area contributed by atoms with Gasteiger partial charge in [-0.25, -0.2) is 4.79 Å². The first kappa shape index (κ1) is 21.9. The van der Waals surface area contributed by atoms with Crippen molar-refractivity contribution in [3.8, 4) is 0 Å². The molecule has 1 heterocycles. The molecular formula is C21H23F3N2O4. The number of hydrogen-bond acceptors (Lipinski definition) is 4. The molecule has 1 N–H and O–H groups in total. The molecule has 0 aromatic heterocycles. The summed E-state index contributed by atoms with van der Waals surface area (Å²) >= 11 is 0. The molecule has 0 unspecified atom stereocenters. The number of nitrogens with one attached hydrogen (secondary N) is 1. The number of allylic oxidation sites excluding steroid dienone is 1. The van der Waals surface area contributed by atoms with E-state index in [9.17, 15) is 27.6 Å². The van der Waals surface area contributed by atoms with Crippen molar-refractivity contribution >= 4 is 17.8 Å². The van der Waals surface area contributed by atoms with E-state index in [1.807, 2.05) is 0 Å². The van der Waals surface area contributed by atoms with Crippen molar-refractivity contribution in [1.82, 2.24) is 10.2 Å². The highest BCUT2D eigenvalue weighted by atomic mass is 19.4. The number of alkyl carbamates (subject to hydrolysis) is 1. The Morgan fingerprint density at radius 2 is 1.80 bits per heavy atom. The van der Waals surface area contributed by atoms with Crippen LogP contribution in [0.4, 0.5) is 18.0 Å². The highest BCUT2D eigenvalue weighted by molar-refractivity contribution is 6.13. The zero-order valence-electron chi connectivity index (χ0n) is 16.9. The topological polar surface area (TPSA) is 75.7 Å². The summed E-state index contributed by atoms with van der Waals surface area (Å²) in [6.07, 6.45) is -6.72. The molecule has 3 rings (SSSR count). The Hall–Kier alpha value is -2.84. The molecule has 1 aromatic carbocycles. The third-order valence-electron chi connectivity index (χ3n) is 5.29. The highest BCUT2D eigenvalue weighted by Crippen LogP contribution is 2.52. The summed E-state index contributed by atoms with van der Waals surface area (Å²) in [5, 5.41) is 1.70. The van der Waals surface area contributed by atoms with Gasteiger partial charge in [-0.3, -0.25) is 14.9 Å². The first-order valence-corrected chi connectivity index (χ1v) is 9.57. The van der Waals surface area contributed by atoms with Gasteiger partial charge in [-0.2, -0.15) is 13.2 Å². The van der Waals surface area contributed by atoms with Crippen molar-refractivity contribution in [2.75, 3.05) is 6.61 Å². The Balaban J connectivity index is 2.19. The maximum absolute atomic E-state index is 14.4. The molecule has 0 saturated heterocycles. The largest absolute Gasteiger partial charge is 0.450 e. The summed E-state index contributed by atoms with van der Waals surface area (Å²) in [5.74, 6) is -2.21. The normalized spacial score (nSPS) is 23.5. The van der Waals surface area contributed by atoms with Crippen molar-refractivity contribution in [1.29, 1.82) is 0 Å². The predicted octanol–water partition coefficient (Wildman–Crippen LogP) is 3.72. The van der Waals surface area contributed by atoms with E-state index in [-0.39, 0.29) is 31.7 Å². The Morgan fingerprint density at radius 1 is 1.17 bits per heavy atom. The number of rotatable bonds is 4. The van der Waals surface area contributed by atoms with Crippen LogP contribution in [0.2, 0.25) is 0 Å². The van der Waals surface area contributed by atoms with Crippen LogP contribution in [0.15, 0.2) is 41.6 Å². The summed E-state index contributed by atoms with van der Waals surface area (Å²) < 4.78 is 47.9. The third kappa shape index (κ3) is 3.57. The van der Waals surface area contributed by atoms with Gasteiger partial charge in [0.2, 0.25) is 5.54 Å². The van der Waals surface area contributed by atoms with Gasteiger partial charge < -0.3 is 9.64 Å². The fourth-order valence-electron chi connectivity index (χ4n) is 4.08. The van der Waals surface area contributed by atoms with Crippen molar-refractivity contribution in [2.24, 2.45) is 5.41 Å². The van der Waals surface area contributed by atoms with Crippen LogP contribution in [-0.2, 0) is 20.9 Å². The summed E-state index contributed by atoms with van der Waals surface area (Å²) in [6, 6.07) is 8.50. The number of carbonyl (C=O) groups is 3. The van der Waals surface area contributed by atoms with E-state index in [1.165, 1.54) is 6.92 Å². The lowest BCUT2D eigenvalue weighted by atomic mass is 9.72. The second-order valence-corrected chi connectivity index (χ2v) is 8.23. The highest BCUT2D eigenvalue weighted by Gasteiger charge is 2.71. The summed E-state index contributed by atoms with van der Waals surface area (Å²) in [4.78, 5) is 39.2. The molecule has 1 atom stereocenters. The lowest BCUT2D eigenvalue weighted by Crippen LogP contribution is -2.66. The van der Waals surface area contributed by atoms with Crippen molar-refractivity contribution < 1.29 is 32.3 Å². The molecule has 2 aliphatic rings. The first-order valence-electron chi connectivity index (χ1n) is 9.57. The van der Waals surface area contributed by atoms with E-state index in [0.29, 0.717) is 5.56 Å². The van der Waals surface area contributed by atoms with E-state index >= 15 is 0 Å². The van der Waals surface area contributed by atoms with E-state index in [4.69, 9.17) is 0 Å². The van der Waals surface area contributed by atoms with Crippen molar-refractivity contribution in [3.05, 3.63) is 47.2 Å². The van der Waals surface area contributed by atoms with Crippen molar-refractivity contribution in [2.45, 2.75) is 51.9 Å². The van der Waals surface area contributed by atoms with Gasteiger partial charge in [0, 0.05) is 12.1 Å². The second kappa shape index (κ2) is 7.45. The Labute approximate surface area is 172 Å². The van der Waals surface area contributed by atoms with Gasteiger partial charge >= 0.3 is 12.3 Å². The number of hydrogen-bond donors (Lipinski definition) is 1. The van der Waals surface area contributed by atoms with Crippen molar-refractivity contribution in [3.63, 3.8) is 0 Å². The minimum Gasteiger partial charge on any atom is -0.450 e. The number of ketones is 1. The van der Waals surface area contributed by atoms with Gasteiger partial charge in [-0.1, -0.05) is 44.2 Å². The molecule has 0 bridgehead atoms. The van der Waals surface area contributed by atoms with Crippen LogP contribution < -0.4 is 5.32 Å². The number of Topliss-reactive ketones (excluding diaryl/α,β-unsaturated/α-hetero) is 1. The second-order valence-electron chi connectivity index (χ2n) is 8.23. The first-order chi connectivity index (χ1) is 13.9. The van der Waals surface area contributed by atoms with Crippen LogP contribution in [0.5, 0.6) is 0 Å². The Bertz CT molecular complexity index is 909. The van der Waals surface area contributed by atoms with Crippen LogP contribution >= 0.6 is 0 Å². The molecule has 0 spiro atoms. The monoisotopic (exact) mass is 424 g/mol.